The van der Waals surface area contributed by atoms with Crippen molar-refractivity contribution in [2.75, 3.05) is 13.1 Å². The zero-order valence-corrected chi connectivity index (χ0v) is 13.5. The van der Waals surface area contributed by atoms with Crippen LogP contribution in [0.15, 0.2) is 12.5 Å². The number of nitrogens with two attached hydrogens (primary N) is 1. The quantitative estimate of drug-likeness (QED) is 0.927. The fraction of sp³-hybridized carbons (Fsp3) is 0.824. The highest BCUT2D eigenvalue weighted by molar-refractivity contribution is 5.09. The normalized spacial score (nSPS) is 28.6. The molecular formula is C17H30N4. The number of likely N-dealkylation sites (tertiary alicyclic amines) is 1. The van der Waals surface area contributed by atoms with E-state index in [2.05, 4.69) is 28.3 Å². The molecule has 1 aliphatic heterocycles. The third kappa shape index (κ3) is 2.88. The number of nitrogens with zero attached hydrogens (tertiary/aromatic N) is 3. The smallest absolute Gasteiger partial charge is 0.0951 e. The van der Waals surface area contributed by atoms with Crippen molar-refractivity contribution in [3.05, 3.63) is 18.2 Å². The molecule has 4 nitrogen and oxygen atoms in total. The summed E-state index contributed by atoms with van der Waals surface area (Å²) in [6.07, 6.45) is 12.3. The number of piperidine rings is 1. The molecule has 21 heavy (non-hydrogen) atoms. The summed E-state index contributed by atoms with van der Waals surface area (Å²) in [4.78, 5) is 7.10. The maximum atomic E-state index is 6.20. The molecule has 1 aromatic rings. The fourth-order valence-corrected chi connectivity index (χ4v) is 4.48. The monoisotopic (exact) mass is 290 g/mol. The summed E-state index contributed by atoms with van der Waals surface area (Å²) >= 11 is 0. The molecule has 2 N–H and O–H groups in total. The first-order chi connectivity index (χ1) is 10.2. The van der Waals surface area contributed by atoms with Crippen LogP contribution < -0.4 is 5.73 Å². The van der Waals surface area contributed by atoms with Gasteiger partial charge in [0, 0.05) is 24.8 Å². The molecule has 3 rings (SSSR count). The first kappa shape index (κ1) is 15.0. The molecule has 0 aromatic carbocycles. The summed E-state index contributed by atoms with van der Waals surface area (Å²) in [5.74, 6) is 0.900. The topological polar surface area (TPSA) is 47.1 Å². The summed E-state index contributed by atoms with van der Waals surface area (Å²) in [6.45, 7) is 6.34. The Morgan fingerprint density at radius 2 is 2.00 bits per heavy atom. The Labute approximate surface area is 128 Å². The highest BCUT2D eigenvalue weighted by atomic mass is 15.2. The standard InChI is InChI=1S/C17H30N4/c1-13(2)21-12-19-11-17(21)16(10-18)20-9-5-7-14-6-3-4-8-15(14)20/h11-16H,3-10,18H2,1-2H3/t14-,15-,16?/m1/s1. The SMILES string of the molecule is CC(C)n1cncc1C(CN)N1CCC[C@H]2CCCC[C@H]21. The predicted molar refractivity (Wildman–Crippen MR) is 86.1 cm³/mol. The van der Waals surface area contributed by atoms with Crippen molar-refractivity contribution in [1.29, 1.82) is 0 Å². The average molecular weight is 290 g/mol. The lowest BCUT2D eigenvalue weighted by Gasteiger charge is -2.47. The maximum Gasteiger partial charge on any atom is 0.0951 e. The molecule has 1 saturated heterocycles. The third-order valence-corrected chi connectivity index (χ3v) is 5.50. The molecule has 3 atom stereocenters. The summed E-state index contributed by atoms with van der Waals surface area (Å²) < 4.78 is 2.30. The van der Waals surface area contributed by atoms with Gasteiger partial charge in [0.1, 0.15) is 0 Å². The summed E-state index contributed by atoms with van der Waals surface area (Å²) in [6, 6.07) is 1.53. The molecule has 0 spiro atoms. The minimum atomic E-state index is 0.334. The van der Waals surface area contributed by atoms with Crippen LogP contribution in [0.3, 0.4) is 0 Å². The van der Waals surface area contributed by atoms with E-state index in [4.69, 9.17) is 5.73 Å². The van der Waals surface area contributed by atoms with Crippen molar-refractivity contribution in [3.8, 4) is 0 Å². The maximum absolute atomic E-state index is 6.20. The number of rotatable bonds is 4. The zero-order valence-electron chi connectivity index (χ0n) is 13.5. The van der Waals surface area contributed by atoms with Crippen molar-refractivity contribution in [1.82, 2.24) is 14.5 Å². The van der Waals surface area contributed by atoms with E-state index in [1.54, 1.807) is 0 Å². The molecule has 2 aliphatic rings. The summed E-state index contributed by atoms with van der Waals surface area (Å²) in [7, 11) is 0. The predicted octanol–water partition coefficient (Wildman–Crippen LogP) is 3.12. The molecular weight excluding hydrogens is 260 g/mol. The molecule has 0 radical (unpaired) electrons. The second-order valence-electron chi connectivity index (χ2n) is 7.06. The van der Waals surface area contributed by atoms with Gasteiger partial charge in [-0.15, -0.1) is 0 Å². The van der Waals surface area contributed by atoms with E-state index in [1.807, 2.05) is 12.5 Å². The number of hydrogen-bond acceptors (Lipinski definition) is 3. The minimum absolute atomic E-state index is 0.334. The van der Waals surface area contributed by atoms with E-state index in [1.165, 1.54) is 50.8 Å². The Morgan fingerprint density at radius 3 is 2.76 bits per heavy atom. The summed E-state index contributed by atoms with van der Waals surface area (Å²) in [5, 5.41) is 0. The Kier molecular flexibility index (Phi) is 4.65. The van der Waals surface area contributed by atoms with Crippen molar-refractivity contribution in [2.45, 2.75) is 70.5 Å². The Hall–Kier alpha value is -0.870. The third-order valence-electron chi connectivity index (χ3n) is 5.50. The summed E-state index contributed by atoms with van der Waals surface area (Å²) in [5.41, 5.74) is 7.51. The van der Waals surface area contributed by atoms with E-state index < -0.39 is 0 Å². The Balaban J connectivity index is 1.86. The van der Waals surface area contributed by atoms with Crippen LogP contribution in [-0.4, -0.2) is 33.6 Å². The van der Waals surface area contributed by atoms with E-state index in [0.717, 1.165) is 12.0 Å². The van der Waals surface area contributed by atoms with Crippen LogP contribution >= 0.6 is 0 Å². The van der Waals surface area contributed by atoms with E-state index in [-0.39, 0.29) is 0 Å². The zero-order chi connectivity index (χ0) is 14.8. The van der Waals surface area contributed by atoms with Gasteiger partial charge in [-0.2, -0.15) is 0 Å². The second-order valence-corrected chi connectivity index (χ2v) is 7.06. The lowest BCUT2D eigenvalue weighted by molar-refractivity contribution is 0.0249. The molecule has 1 aliphatic carbocycles. The van der Waals surface area contributed by atoms with Gasteiger partial charge in [0.25, 0.3) is 0 Å². The molecule has 0 amide bonds. The molecule has 1 unspecified atom stereocenters. The first-order valence-corrected chi connectivity index (χ1v) is 8.70. The number of hydrogen-bond donors (Lipinski definition) is 1. The van der Waals surface area contributed by atoms with Crippen LogP contribution in [0.25, 0.3) is 0 Å². The van der Waals surface area contributed by atoms with Crippen LogP contribution in [-0.2, 0) is 0 Å². The Morgan fingerprint density at radius 1 is 1.24 bits per heavy atom. The van der Waals surface area contributed by atoms with Crippen molar-refractivity contribution >= 4 is 0 Å². The minimum Gasteiger partial charge on any atom is -0.331 e. The van der Waals surface area contributed by atoms with Crippen LogP contribution in [0, 0.1) is 5.92 Å². The van der Waals surface area contributed by atoms with E-state index in [0.29, 0.717) is 18.6 Å². The lowest BCUT2D eigenvalue weighted by atomic mass is 9.77. The van der Waals surface area contributed by atoms with Crippen molar-refractivity contribution < 1.29 is 0 Å². The van der Waals surface area contributed by atoms with Crippen molar-refractivity contribution in [2.24, 2.45) is 11.7 Å². The van der Waals surface area contributed by atoms with E-state index >= 15 is 0 Å². The van der Waals surface area contributed by atoms with Crippen molar-refractivity contribution in [3.63, 3.8) is 0 Å². The highest BCUT2D eigenvalue weighted by Crippen LogP contribution is 2.39. The molecule has 118 valence electrons. The molecule has 1 saturated carbocycles. The average Bonchev–Trinajstić information content (AvgIpc) is 2.98. The lowest BCUT2D eigenvalue weighted by Crippen LogP contribution is -2.50. The van der Waals surface area contributed by atoms with Gasteiger partial charge in [0.15, 0.2) is 0 Å². The number of imidazole rings is 1. The van der Waals surface area contributed by atoms with Gasteiger partial charge in [0.2, 0.25) is 0 Å². The van der Waals surface area contributed by atoms with Gasteiger partial charge in [-0.1, -0.05) is 12.8 Å². The van der Waals surface area contributed by atoms with Crippen LogP contribution in [0.2, 0.25) is 0 Å². The van der Waals surface area contributed by atoms with Gasteiger partial charge >= 0.3 is 0 Å². The molecule has 1 aromatic heterocycles. The fourth-order valence-electron chi connectivity index (χ4n) is 4.48. The van der Waals surface area contributed by atoms with Crippen LogP contribution in [0.5, 0.6) is 0 Å². The number of aromatic nitrogens is 2. The molecule has 4 heteroatoms. The van der Waals surface area contributed by atoms with Gasteiger partial charge in [-0.3, -0.25) is 4.90 Å². The first-order valence-electron chi connectivity index (χ1n) is 8.70. The van der Waals surface area contributed by atoms with Gasteiger partial charge in [-0.05, 0) is 52.0 Å². The molecule has 0 bridgehead atoms. The van der Waals surface area contributed by atoms with E-state index in [9.17, 15) is 0 Å². The van der Waals surface area contributed by atoms with Crippen LogP contribution in [0.1, 0.15) is 70.2 Å². The van der Waals surface area contributed by atoms with Gasteiger partial charge in [0.05, 0.1) is 18.1 Å². The van der Waals surface area contributed by atoms with Gasteiger partial charge in [-0.25, -0.2) is 4.98 Å². The molecule has 2 fully saturated rings. The van der Waals surface area contributed by atoms with Crippen LogP contribution in [0.4, 0.5) is 0 Å². The Bertz CT molecular complexity index is 451. The largest absolute Gasteiger partial charge is 0.331 e. The van der Waals surface area contributed by atoms with Gasteiger partial charge < -0.3 is 10.3 Å². The molecule has 2 heterocycles. The number of fused-ring (bicyclic) bond motifs is 1. The highest BCUT2D eigenvalue weighted by Gasteiger charge is 2.37. The second kappa shape index (κ2) is 6.49.